The number of carboxylic acid groups (broad SMARTS) is 1. The number of piperidine rings is 1. The van der Waals surface area contributed by atoms with Gasteiger partial charge in [0.15, 0.2) is 0 Å². The van der Waals surface area contributed by atoms with Crippen LogP contribution in [0.4, 0.5) is 0 Å². The van der Waals surface area contributed by atoms with Crippen molar-refractivity contribution >= 4 is 11.9 Å². The van der Waals surface area contributed by atoms with E-state index < -0.39 is 5.97 Å². The second-order valence-corrected chi connectivity index (χ2v) is 4.56. The number of rotatable bonds is 4. The molecule has 5 heteroatoms. The standard InChI is InChI=1S/C14H17NO4/c16-13(17)10-19-12-6-8-15(9-7-12)14(18)11-4-2-1-3-5-11/h1-5,12H,6-10H2,(H,16,17). The molecule has 1 aliphatic heterocycles. The van der Waals surface area contributed by atoms with Crippen LogP contribution in [-0.4, -0.2) is 47.7 Å². The van der Waals surface area contributed by atoms with E-state index in [0.717, 1.165) is 0 Å². The molecule has 0 unspecified atom stereocenters. The number of hydrogen-bond donors (Lipinski definition) is 1. The lowest BCUT2D eigenvalue weighted by Gasteiger charge is -2.31. The Kier molecular flexibility index (Phi) is 4.52. The van der Waals surface area contributed by atoms with Crippen LogP contribution in [0, 0.1) is 0 Å². The molecule has 0 radical (unpaired) electrons. The SMILES string of the molecule is O=C(O)COC1CCN(C(=O)c2ccccc2)CC1. The van der Waals surface area contributed by atoms with Gasteiger partial charge in [0, 0.05) is 18.7 Å². The van der Waals surface area contributed by atoms with Crippen LogP contribution >= 0.6 is 0 Å². The summed E-state index contributed by atoms with van der Waals surface area (Å²) < 4.78 is 5.24. The van der Waals surface area contributed by atoms with E-state index in [-0.39, 0.29) is 18.6 Å². The first-order valence-corrected chi connectivity index (χ1v) is 6.34. The lowest BCUT2D eigenvalue weighted by atomic mass is 10.1. The minimum Gasteiger partial charge on any atom is -0.480 e. The predicted octanol–water partition coefficient (Wildman–Crippen LogP) is 1.39. The summed E-state index contributed by atoms with van der Waals surface area (Å²) >= 11 is 0. The first kappa shape index (κ1) is 13.5. The molecule has 0 saturated carbocycles. The maximum absolute atomic E-state index is 12.2. The van der Waals surface area contributed by atoms with Gasteiger partial charge in [-0.05, 0) is 25.0 Å². The fourth-order valence-corrected chi connectivity index (χ4v) is 2.18. The summed E-state index contributed by atoms with van der Waals surface area (Å²) in [6.07, 6.45) is 1.31. The Bertz CT molecular complexity index is 438. The van der Waals surface area contributed by atoms with Gasteiger partial charge in [-0.1, -0.05) is 18.2 Å². The van der Waals surface area contributed by atoms with Crippen molar-refractivity contribution in [3.8, 4) is 0 Å². The molecule has 5 nitrogen and oxygen atoms in total. The highest BCUT2D eigenvalue weighted by molar-refractivity contribution is 5.94. The normalized spacial score (nSPS) is 16.3. The smallest absolute Gasteiger partial charge is 0.329 e. The molecule has 1 saturated heterocycles. The molecule has 102 valence electrons. The van der Waals surface area contributed by atoms with Crippen LogP contribution in [0.1, 0.15) is 23.2 Å². The zero-order valence-corrected chi connectivity index (χ0v) is 10.6. The molecule has 1 N–H and O–H groups in total. The number of carbonyl (C=O) groups is 2. The van der Waals surface area contributed by atoms with Crippen LogP contribution in [0.25, 0.3) is 0 Å². The Morgan fingerprint density at radius 2 is 1.84 bits per heavy atom. The van der Waals surface area contributed by atoms with Crippen LogP contribution in [-0.2, 0) is 9.53 Å². The van der Waals surface area contributed by atoms with E-state index >= 15 is 0 Å². The Labute approximate surface area is 111 Å². The second kappa shape index (κ2) is 6.33. The number of nitrogens with zero attached hydrogens (tertiary/aromatic N) is 1. The van der Waals surface area contributed by atoms with Crippen LogP contribution in [0.15, 0.2) is 30.3 Å². The fourth-order valence-electron chi connectivity index (χ4n) is 2.18. The summed E-state index contributed by atoms with van der Waals surface area (Å²) in [5, 5.41) is 8.54. The van der Waals surface area contributed by atoms with Gasteiger partial charge in [0.2, 0.25) is 0 Å². The van der Waals surface area contributed by atoms with Gasteiger partial charge in [-0.25, -0.2) is 4.79 Å². The third-order valence-electron chi connectivity index (χ3n) is 3.19. The van der Waals surface area contributed by atoms with Gasteiger partial charge in [-0.3, -0.25) is 4.79 Å². The summed E-state index contributed by atoms with van der Waals surface area (Å²) in [6.45, 7) is 0.952. The van der Waals surface area contributed by atoms with Crippen molar-refractivity contribution in [1.29, 1.82) is 0 Å². The third-order valence-corrected chi connectivity index (χ3v) is 3.19. The van der Waals surface area contributed by atoms with E-state index in [1.807, 2.05) is 18.2 Å². The van der Waals surface area contributed by atoms with Crippen molar-refractivity contribution in [2.45, 2.75) is 18.9 Å². The van der Waals surface area contributed by atoms with E-state index in [0.29, 0.717) is 31.5 Å². The van der Waals surface area contributed by atoms with Gasteiger partial charge < -0.3 is 14.7 Å². The number of amides is 1. The van der Waals surface area contributed by atoms with Crippen molar-refractivity contribution < 1.29 is 19.4 Å². The van der Waals surface area contributed by atoms with Crippen molar-refractivity contribution in [2.75, 3.05) is 19.7 Å². The minimum absolute atomic E-state index is 0.0253. The monoisotopic (exact) mass is 263 g/mol. The molecule has 0 aliphatic carbocycles. The predicted molar refractivity (Wildman–Crippen MR) is 69.0 cm³/mol. The topological polar surface area (TPSA) is 66.8 Å². The van der Waals surface area contributed by atoms with Gasteiger partial charge in [0.1, 0.15) is 6.61 Å². The zero-order valence-electron chi connectivity index (χ0n) is 10.6. The van der Waals surface area contributed by atoms with Crippen LogP contribution in [0.2, 0.25) is 0 Å². The van der Waals surface area contributed by atoms with E-state index in [9.17, 15) is 9.59 Å². The Hall–Kier alpha value is -1.88. The highest BCUT2D eigenvalue weighted by Gasteiger charge is 2.24. The van der Waals surface area contributed by atoms with Crippen LogP contribution in [0.5, 0.6) is 0 Å². The summed E-state index contributed by atoms with van der Waals surface area (Å²) in [5.74, 6) is -0.930. The Balaban J connectivity index is 1.83. The number of likely N-dealkylation sites (tertiary alicyclic amines) is 1. The van der Waals surface area contributed by atoms with Gasteiger partial charge in [0.05, 0.1) is 6.10 Å². The quantitative estimate of drug-likeness (QED) is 0.891. The molecule has 19 heavy (non-hydrogen) atoms. The maximum atomic E-state index is 12.2. The van der Waals surface area contributed by atoms with Crippen molar-refractivity contribution in [3.63, 3.8) is 0 Å². The molecule has 1 aliphatic rings. The highest BCUT2D eigenvalue weighted by Crippen LogP contribution is 2.16. The fraction of sp³-hybridized carbons (Fsp3) is 0.429. The molecule has 0 aromatic heterocycles. The van der Waals surface area contributed by atoms with Gasteiger partial charge in [0.25, 0.3) is 5.91 Å². The van der Waals surface area contributed by atoms with Crippen LogP contribution < -0.4 is 0 Å². The number of aliphatic carboxylic acids is 1. The van der Waals surface area contributed by atoms with E-state index in [2.05, 4.69) is 0 Å². The van der Waals surface area contributed by atoms with E-state index in [1.165, 1.54) is 0 Å². The Morgan fingerprint density at radius 1 is 1.21 bits per heavy atom. The van der Waals surface area contributed by atoms with Crippen molar-refractivity contribution in [3.05, 3.63) is 35.9 Å². The van der Waals surface area contributed by atoms with Crippen LogP contribution in [0.3, 0.4) is 0 Å². The summed E-state index contributed by atoms with van der Waals surface area (Å²) in [7, 11) is 0. The number of ether oxygens (including phenoxy) is 1. The third kappa shape index (κ3) is 3.79. The minimum atomic E-state index is -0.956. The molecule has 1 aromatic rings. The Morgan fingerprint density at radius 3 is 2.42 bits per heavy atom. The summed E-state index contributed by atoms with van der Waals surface area (Å²) in [4.78, 5) is 24.4. The van der Waals surface area contributed by atoms with E-state index in [1.54, 1.807) is 17.0 Å². The van der Waals surface area contributed by atoms with Crippen molar-refractivity contribution in [1.82, 2.24) is 4.90 Å². The molecule has 2 rings (SSSR count). The summed E-state index contributed by atoms with van der Waals surface area (Å²) in [6, 6.07) is 9.17. The molecule has 1 amide bonds. The first-order chi connectivity index (χ1) is 9.16. The average molecular weight is 263 g/mol. The van der Waals surface area contributed by atoms with Gasteiger partial charge >= 0.3 is 5.97 Å². The molecule has 1 fully saturated rings. The molecular weight excluding hydrogens is 246 g/mol. The van der Waals surface area contributed by atoms with Gasteiger partial charge in [-0.2, -0.15) is 0 Å². The zero-order chi connectivity index (χ0) is 13.7. The average Bonchev–Trinajstić information content (AvgIpc) is 2.46. The molecular formula is C14H17NO4. The number of benzene rings is 1. The summed E-state index contributed by atoms with van der Waals surface area (Å²) in [5.41, 5.74) is 0.687. The maximum Gasteiger partial charge on any atom is 0.329 e. The first-order valence-electron chi connectivity index (χ1n) is 6.34. The van der Waals surface area contributed by atoms with E-state index in [4.69, 9.17) is 9.84 Å². The second-order valence-electron chi connectivity index (χ2n) is 4.56. The molecule has 0 bridgehead atoms. The molecule has 0 spiro atoms. The molecule has 1 heterocycles. The van der Waals surface area contributed by atoms with Gasteiger partial charge in [-0.15, -0.1) is 0 Å². The lowest BCUT2D eigenvalue weighted by molar-refractivity contribution is -0.145. The highest BCUT2D eigenvalue weighted by atomic mass is 16.5. The lowest BCUT2D eigenvalue weighted by Crippen LogP contribution is -2.41. The number of carbonyl (C=O) groups excluding carboxylic acids is 1. The number of carboxylic acids is 1. The molecule has 1 aromatic carbocycles. The number of hydrogen-bond acceptors (Lipinski definition) is 3. The van der Waals surface area contributed by atoms with Crippen molar-refractivity contribution in [2.24, 2.45) is 0 Å². The molecule has 0 atom stereocenters. The largest absolute Gasteiger partial charge is 0.480 e.